The van der Waals surface area contributed by atoms with Crippen LogP contribution in [0, 0.1) is 5.92 Å². The molecular weight excluding hydrogens is 625 g/mol. The number of aromatic nitrogens is 1. The Morgan fingerprint density at radius 2 is 1.67 bits per heavy atom. The lowest BCUT2D eigenvalue weighted by Gasteiger charge is -2.41. The van der Waals surface area contributed by atoms with Crippen LogP contribution in [0.4, 0.5) is 18.9 Å². The molecule has 0 bridgehead atoms. The number of halogens is 3. The fourth-order valence-corrected chi connectivity index (χ4v) is 8.24. The lowest BCUT2D eigenvalue weighted by Crippen LogP contribution is -2.47. The Morgan fingerprint density at radius 1 is 0.958 bits per heavy atom. The number of nitrogens with zero attached hydrogens (tertiary/aromatic N) is 5. The Kier molecular flexibility index (Phi) is 9.72. The van der Waals surface area contributed by atoms with Crippen LogP contribution in [0.5, 0.6) is 0 Å². The maximum atomic E-state index is 13.1. The third kappa shape index (κ3) is 7.03. The van der Waals surface area contributed by atoms with Gasteiger partial charge in [-0.3, -0.25) is 24.3 Å². The summed E-state index contributed by atoms with van der Waals surface area (Å²) < 4.78 is 39.1. The van der Waals surface area contributed by atoms with Crippen LogP contribution >= 0.6 is 0 Å². The van der Waals surface area contributed by atoms with Crippen LogP contribution in [-0.4, -0.2) is 107 Å². The number of rotatable bonds is 7. The normalized spacial score (nSPS) is 26.8. The molecule has 3 saturated heterocycles. The number of benzene rings is 1. The Bertz CT molecular complexity index is 1490. The van der Waals surface area contributed by atoms with Gasteiger partial charge in [0.15, 0.2) is 0 Å². The molecule has 0 radical (unpaired) electrons. The topological polar surface area (TPSA) is 109 Å². The molecule has 1 aromatic carbocycles. The molecule has 2 atom stereocenters. The molecule has 1 aliphatic carbocycles. The van der Waals surface area contributed by atoms with Gasteiger partial charge >= 0.3 is 6.18 Å². The number of fused-ring (bicyclic) bond motifs is 1. The molecule has 6 rings (SSSR count). The third-order valence-electron chi connectivity index (χ3n) is 10.9. The third-order valence-corrected chi connectivity index (χ3v) is 10.9. The highest BCUT2D eigenvalue weighted by Crippen LogP contribution is 2.42. The van der Waals surface area contributed by atoms with Gasteiger partial charge in [-0.1, -0.05) is 6.07 Å². The molecule has 4 fully saturated rings. The van der Waals surface area contributed by atoms with E-state index in [4.69, 9.17) is 4.98 Å². The minimum absolute atomic E-state index is 0.0315. The number of amides is 3. The van der Waals surface area contributed by atoms with Gasteiger partial charge in [-0.05, 0) is 81.7 Å². The lowest BCUT2D eigenvalue weighted by molar-refractivity contribution is -0.137. The van der Waals surface area contributed by atoms with Crippen molar-refractivity contribution in [3.05, 3.63) is 59.4 Å². The number of aliphatic hydroxyl groups is 1. The van der Waals surface area contributed by atoms with Gasteiger partial charge < -0.3 is 25.1 Å². The predicted molar refractivity (Wildman–Crippen MR) is 173 cm³/mol. The van der Waals surface area contributed by atoms with E-state index in [-0.39, 0.29) is 41.9 Å². The molecular formula is C35H45F3N6O4. The summed E-state index contributed by atoms with van der Waals surface area (Å²) in [6.07, 6.45) is 3.38. The van der Waals surface area contributed by atoms with Gasteiger partial charge in [-0.2, -0.15) is 13.2 Å². The Morgan fingerprint density at radius 3 is 2.31 bits per heavy atom. The van der Waals surface area contributed by atoms with Crippen molar-refractivity contribution < 1.29 is 32.7 Å². The fourth-order valence-electron chi connectivity index (χ4n) is 8.24. The maximum absolute atomic E-state index is 13.1. The van der Waals surface area contributed by atoms with Crippen molar-refractivity contribution in [1.82, 2.24) is 25.0 Å². The number of likely N-dealkylation sites (tertiary alicyclic amines) is 2. The Hall–Kier alpha value is -3.71. The molecule has 2 unspecified atom stereocenters. The molecule has 1 aromatic heterocycles. The van der Waals surface area contributed by atoms with E-state index in [1.165, 1.54) is 12.1 Å². The van der Waals surface area contributed by atoms with E-state index in [1.807, 2.05) is 23.2 Å². The first-order chi connectivity index (χ1) is 22.8. The second kappa shape index (κ2) is 13.7. The first kappa shape index (κ1) is 34.2. The zero-order valence-corrected chi connectivity index (χ0v) is 27.6. The predicted octanol–water partition coefficient (Wildman–Crippen LogP) is 3.64. The van der Waals surface area contributed by atoms with Crippen molar-refractivity contribution >= 4 is 23.4 Å². The Balaban J connectivity index is 0.980. The summed E-state index contributed by atoms with van der Waals surface area (Å²) in [4.78, 5) is 50.9. The molecule has 10 nitrogen and oxygen atoms in total. The smallest absolute Gasteiger partial charge is 0.384 e. The standard InChI is InChI=1S/C35H45F3N6O4/c1-41(2)33(47)23-10-16-42(17-11-23)27-6-7-30(39-21-27)34(48)14-8-26(9-15-34)43-18-12-29-28(43)13-19-44(29)31(45)22-40-32(46)24-4-3-5-25(20-24)35(36,37)38/h3-7,20-21,23,26,28-29,48H,8-19,22H2,1-2H3,(H,40,46). The SMILES string of the molecule is CN(C)C(=O)C1CCN(c2ccc(C3(O)CCC(N4CCC5C4CCN5C(=O)CNC(=O)c4cccc(C(F)(F)F)c4)CC3)nc2)CC1. The quantitative estimate of drug-likeness (QED) is 0.463. The number of carbonyl (C=O) groups excluding carboxylic acids is 3. The number of nitrogens with one attached hydrogen (secondary N) is 1. The highest BCUT2D eigenvalue weighted by molar-refractivity contribution is 5.96. The number of alkyl halides is 3. The summed E-state index contributed by atoms with van der Waals surface area (Å²) in [6.45, 7) is 2.75. The average molecular weight is 671 g/mol. The first-order valence-electron chi connectivity index (χ1n) is 17.0. The van der Waals surface area contributed by atoms with Crippen molar-refractivity contribution in [3.8, 4) is 0 Å². The van der Waals surface area contributed by atoms with Gasteiger partial charge in [0.05, 0.1) is 29.7 Å². The monoisotopic (exact) mass is 670 g/mol. The second-order valence-corrected chi connectivity index (χ2v) is 14.0. The van der Waals surface area contributed by atoms with Gasteiger partial charge in [-0.25, -0.2) is 0 Å². The molecule has 3 aliphatic heterocycles. The zero-order valence-electron chi connectivity index (χ0n) is 27.6. The number of piperidine rings is 1. The summed E-state index contributed by atoms with van der Waals surface area (Å²) >= 11 is 0. The highest BCUT2D eigenvalue weighted by atomic mass is 19.4. The fraction of sp³-hybridized carbons (Fsp3) is 0.600. The van der Waals surface area contributed by atoms with Crippen molar-refractivity contribution in [2.24, 2.45) is 5.92 Å². The van der Waals surface area contributed by atoms with E-state index in [1.54, 1.807) is 19.0 Å². The molecule has 260 valence electrons. The van der Waals surface area contributed by atoms with Crippen molar-refractivity contribution in [2.45, 2.75) is 81.3 Å². The first-order valence-corrected chi connectivity index (χ1v) is 17.0. The van der Waals surface area contributed by atoms with Crippen LogP contribution in [-0.2, 0) is 21.4 Å². The van der Waals surface area contributed by atoms with Gasteiger partial charge in [-0.15, -0.1) is 0 Å². The van der Waals surface area contributed by atoms with E-state index in [2.05, 4.69) is 15.1 Å². The summed E-state index contributed by atoms with van der Waals surface area (Å²) in [7, 11) is 3.60. The number of hydrogen-bond donors (Lipinski definition) is 2. The van der Waals surface area contributed by atoms with Gasteiger partial charge in [0.25, 0.3) is 5.91 Å². The van der Waals surface area contributed by atoms with Gasteiger partial charge in [0.2, 0.25) is 11.8 Å². The van der Waals surface area contributed by atoms with Crippen LogP contribution < -0.4 is 10.2 Å². The van der Waals surface area contributed by atoms with Crippen LogP contribution in [0.2, 0.25) is 0 Å². The van der Waals surface area contributed by atoms with E-state index in [0.29, 0.717) is 31.1 Å². The van der Waals surface area contributed by atoms with Crippen LogP contribution in [0.15, 0.2) is 42.6 Å². The molecule has 48 heavy (non-hydrogen) atoms. The van der Waals surface area contributed by atoms with Crippen LogP contribution in [0.25, 0.3) is 0 Å². The summed E-state index contributed by atoms with van der Waals surface area (Å²) in [5, 5.41) is 14.1. The molecule has 4 heterocycles. The summed E-state index contributed by atoms with van der Waals surface area (Å²) in [6, 6.07) is 8.67. The molecule has 2 N–H and O–H groups in total. The van der Waals surface area contributed by atoms with Crippen LogP contribution in [0.3, 0.4) is 0 Å². The van der Waals surface area contributed by atoms with Gasteiger partial charge in [0, 0.05) is 69.9 Å². The number of hydrogen-bond acceptors (Lipinski definition) is 7. The van der Waals surface area contributed by atoms with Crippen molar-refractivity contribution in [2.75, 3.05) is 51.7 Å². The van der Waals surface area contributed by atoms with E-state index in [9.17, 15) is 32.7 Å². The van der Waals surface area contributed by atoms with Crippen LogP contribution in [0.1, 0.15) is 73.0 Å². The lowest BCUT2D eigenvalue weighted by atomic mass is 9.79. The number of anilines is 1. The highest BCUT2D eigenvalue weighted by Gasteiger charge is 2.48. The molecule has 3 amide bonds. The minimum Gasteiger partial charge on any atom is -0.384 e. The van der Waals surface area contributed by atoms with Crippen molar-refractivity contribution in [1.29, 1.82) is 0 Å². The maximum Gasteiger partial charge on any atom is 0.416 e. The molecule has 13 heteroatoms. The zero-order chi connectivity index (χ0) is 34.2. The summed E-state index contributed by atoms with van der Waals surface area (Å²) in [5.41, 5.74) is -0.346. The second-order valence-electron chi connectivity index (χ2n) is 14.0. The number of pyridine rings is 1. The average Bonchev–Trinajstić information content (AvgIpc) is 3.70. The minimum atomic E-state index is -4.56. The molecule has 1 saturated carbocycles. The molecule has 4 aliphatic rings. The van der Waals surface area contributed by atoms with E-state index >= 15 is 0 Å². The van der Waals surface area contributed by atoms with Crippen molar-refractivity contribution in [3.63, 3.8) is 0 Å². The van der Waals surface area contributed by atoms with E-state index in [0.717, 1.165) is 76.0 Å². The molecule has 2 aromatic rings. The molecule has 0 spiro atoms. The largest absolute Gasteiger partial charge is 0.416 e. The summed E-state index contributed by atoms with van der Waals surface area (Å²) in [5.74, 6) is -0.699. The Labute approximate surface area is 279 Å². The van der Waals surface area contributed by atoms with Gasteiger partial charge in [0.1, 0.15) is 5.60 Å². The van der Waals surface area contributed by atoms with E-state index < -0.39 is 23.2 Å². The number of carbonyl (C=O) groups is 3.